The van der Waals surface area contributed by atoms with Crippen molar-refractivity contribution in [3.8, 4) is 10.6 Å². The Hall–Kier alpha value is -2.29. The molecule has 3 heterocycles. The maximum atomic E-state index is 12.2. The molecule has 3 aromatic rings. The molecule has 0 radical (unpaired) electrons. The van der Waals surface area contributed by atoms with Crippen LogP contribution in [0.5, 0.6) is 0 Å². The second-order valence-electron chi connectivity index (χ2n) is 4.92. The zero-order valence-electron chi connectivity index (χ0n) is 12.9. The van der Waals surface area contributed by atoms with Crippen molar-refractivity contribution in [2.45, 2.75) is 13.0 Å². The van der Waals surface area contributed by atoms with Crippen LogP contribution in [0, 0.1) is 0 Å². The molecule has 0 aromatic carbocycles. The molecule has 1 amide bonds. The van der Waals surface area contributed by atoms with Gasteiger partial charge in [-0.15, -0.1) is 22.7 Å². The van der Waals surface area contributed by atoms with Crippen LogP contribution in [0.2, 0.25) is 5.15 Å². The van der Waals surface area contributed by atoms with Crippen molar-refractivity contribution in [2.75, 3.05) is 5.32 Å². The maximum Gasteiger partial charge on any atom is 0.339 e. The highest BCUT2D eigenvalue weighted by atomic mass is 35.5. The van der Waals surface area contributed by atoms with Gasteiger partial charge in [0.25, 0.3) is 5.91 Å². The number of esters is 1. The number of pyridine rings is 1. The summed E-state index contributed by atoms with van der Waals surface area (Å²) in [5, 5.41) is 7.09. The topological polar surface area (TPSA) is 81.2 Å². The van der Waals surface area contributed by atoms with Crippen LogP contribution < -0.4 is 5.32 Å². The number of thiazole rings is 1. The van der Waals surface area contributed by atoms with Crippen LogP contribution in [0.15, 0.2) is 41.2 Å². The second kappa shape index (κ2) is 7.73. The van der Waals surface area contributed by atoms with E-state index < -0.39 is 18.0 Å². The molecule has 6 nitrogen and oxygen atoms in total. The van der Waals surface area contributed by atoms with Crippen LogP contribution in [0.25, 0.3) is 10.6 Å². The summed E-state index contributed by atoms with van der Waals surface area (Å²) in [6.07, 6.45) is 0.416. The third kappa shape index (κ3) is 4.41. The van der Waals surface area contributed by atoms with Gasteiger partial charge < -0.3 is 4.74 Å². The number of hydrogen-bond acceptors (Lipinski definition) is 7. The van der Waals surface area contributed by atoms with Gasteiger partial charge in [-0.2, -0.15) is 0 Å². The lowest BCUT2D eigenvalue weighted by molar-refractivity contribution is -0.123. The molecule has 0 saturated heterocycles. The average Bonchev–Trinajstić information content (AvgIpc) is 3.25. The molecule has 0 fully saturated rings. The van der Waals surface area contributed by atoms with Crippen molar-refractivity contribution in [2.24, 2.45) is 0 Å². The minimum atomic E-state index is -0.978. The van der Waals surface area contributed by atoms with Gasteiger partial charge in [-0.05, 0) is 30.5 Å². The highest BCUT2D eigenvalue weighted by Gasteiger charge is 2.20. The van der Waals surface area contributed by atoms with Crippen LogP contribution >= 0.6 is 34.3 Å². The second-order valence-corrected chi connectivity index (χ2v) is 7.11. The molecule has 9 heteroatoms. The highest BCUT2D eigenvalue weighted by Crippen LogP contribution is 2.28. The van der Waals surface area contributed by atoms with Gasteiger partial charge in [-0.25, -0.2) is 14.8 Å². The number of nitrogens with zero attached hydrogens (tertiary/aromatic N) is 2. The Morgan fingerprint density at radius 1 is 1.32 bits per heavy atom. The number of rotatable bonds is 5. The molecule has 25 heavy (non-hydrogen) atoms. The predicted octanol–water partition coefficient (Wildman–Crippen LogP) is 4.10. The molecule has 0 saturated carbocycles. The van der Waals surface area contributed by atoms with Crippen molar-refractivity contribution in [1.29, 1.82) is 0 Å². The molecule has 0 spiro atoms. The van der Waals surface area contributed by atoms with Crippen molar-refractivity contribution in [3.63, 3.8) is 0 Å². The lowest BCUT2D eigenvalue weighted by Crippen LogP contribution is -2.30. The van der Waals surface area contributed by atoms with Gasteiger partial charge in [0.05, 0.1) is 16.1 Å². The average molecular weight is 394 g/mol. The van der Waals surface area contributed by atoms with E-state index in [0.717, 1.165) is 10.6 Å². The molecule has 3 aromatic heterocycles. The van der Waals surface area contributed by atoms with E-state index in [9.17, 15) is 9.59 Å². The monoisotopic (exact) mass is 393 g/mol. The van der Waals surface area contributed by atoms with Crippen LogP contribution in [0.1, 0.15) is 17.3 Å². The molecular weight excluding hydrogens is 382 g/mol. The number of amides is 1. The first-order valence-corrected chi connectivity index (χ1v) is 9.29. The van der Waals surface area contributed by atoms with Crippen molar-refractivity contribution in [1.82, 2.24) is 9.97 Å². The number of hydrogen-bond donors (Lipinski definition) is 1. The van der Waals surface area contributed by atoms with Crippen LogP contribution in [-0.2, 0) is 9.53 Å². The first kappa shape index (κ1) is 17.5. The number of ether oxygens (including phenoxy) is 1. The summed E-state index contributed by atoms with van der Waals surface area (Å²) in [6, 6.07) is 6.73. The minimum Gasteiger partial charge on any atom is -0.449 e. The zero-order valence-corrected chi connectivity index (χ0v) is 15.3. The van der Waals surface area contributed by atoms with Crippen LogP contribution in [0.3, 0.4) is 0 Å². The van der Waals surface area contributed by atoms with Gasteiger partial charge in [-0.3, -0.25) is 10.1 Å². The fourth-order valence-corrected chi connectivity index (χ4v) is 3.54. The number of carbonyl (C=O) groups excluding carboxylic acids is 2. The number of aromatic nitrogens is 2. The number of anilines is 1. The SMILES string of the molecule is CC(OC(=O)c1ccnc(Cl)c1)C(=O)Nc1nc(-c2cccs2)cs1. The Labute approximate surface area is 156 Å². The summed E-state index contributed by atoms with van der Waals surface area (Å²) in [7, 11) is 0. The van der Waals surface area contributed by atoms with Gasteiger partial charge in [0.1, 0.15) is 5.15 Å². The molecule has 0 aliphatic rings. The van der Waals surface area contributed by atoms with E-state index in [4.69, 9.17) is 16.3 Å². The third-order valence-electron chi connectivity index (χ3n) is 3.12. The van der Waals surface area contributed by atoms with Crippen molar-refractivity contribution >= 4 is 51.3 Å². The normalized spacial score (nSPS) is 11.8. The summed E-state index contributed by atoms with van der Waals surface area (Å²) in [6.45, 7) is 1.49. The fourth-order valence-electron chi connectivity index (χ4n) is 1.89. The third-order valence-corrected chi connectivity index (χ3v) is 4.98. The lowest BCUT2D eigenvalue weighted by Gasteiger charge is -2.12. The Morgan fingerprint density at radius 2 is 2.16 bits per heavy atom. The first-order chi connectivity index (χ1) is 12.0. The first-order valence-electron chi connectivity index (χ1n) is 7.16. The van der Waals surface area contributed by atoms with Crippen molar-refractivity contribution < 1.29 is 14.3 Å². The molecule has 128 valence electrons. The summed E-state index contributed by atoms with van der Waals surface area (Å²) < 4.78 is 5.15. The van der Waals surface area contributed by atoms with Gasteiger partial charge in [0.15, 0.2) is 11.2 Å². The smallest absolute Gasteiger partial charge is 0.339 e. The summed E-state index contributed by atoms with van der Waals surface area (Å²) >= 11 is 8.61. The van der Waals surface area contributed by atoms with Crippen molar-refractivity contribution in [3.05, 3.63) is 51.9 Å². The van der Waals surface area contributed by atoms with Gasteiger partial charge >= 0.3 is 5.97 Å². The van der Waals surface area contributed by atoms with E-state index in [1.165, 1.54) is 36.6 Å². The molecule has 0 bridgehead atoms. The molecule has 0 aliphatic heterocycles. The Balaban J connectivity index is 1.60. The van der Waals surface area contributed by atoms with E-state index in [1.54, 1.807) is 11.3 Å². The quantitative estimate of drug-likeness (QED) is 0.521. The van der Waals surface area contributed by atoms with E-state index in [1.807, 2.05) is 22.9 Å². The number of thiophene rings is 1. The fraction of sp³-hybridized carbons (Fsp3) is 0.125. The van der Waals surface area contributed by atoms with Gasteiger partial charge in [-0.1, -0.05) is 17.7 Å². The highest BCUT2D eigenvalue weighted by molar-refractivity contribution is 7.16. The molecule has 1 N–H and O–H groups in total. The van der Waals surface area contributed by atoms with E-state index >= 15 is 0 Å². The largest absolute Gasteiger partial charge is 0.449 e. The Kier molecular flexibility index (Phi) is 5.42. The summed E-state index contributed by atoms with van der Waals surface area (Å²) in [5.41, 5.74) is 1.03. The molecular formula is C16H12ClN3O3S2. The van der Waals surface area contributed by atoms with Crippen LogP contribution in [0.4, 0.5) is 5.13 Å². The number of carbonyl (C=O) groups is 2. The zero-order chi connectivity index (χ0) is 17.8. The molecule has 1 unspecified atom stereocenters. The van der Waals surface area contributed by atoms with Crippen LogP contribution in [-0.4, -0.2) is 27.9 Å². The van der Waals surface area contributed by atoms with E-state index in [2.05, 4.69) is 15.3 Å². The molecule has 0 aliphatic carbocycles. The molecule has 1 atom stereocenters. The Morgan fingerprint density at radius 3 is 2.88 bits per heavy atom. The Bertz CT molecular complexity index is 896. The van der Waals surface area contributed by atoms with Gasteiger partial charge in [0.2, 0.25) is 0 Å². The summed E-state index contributed by atoms with van der Waals surface area (Å²) in [4.78, 5) is 33.4. The van der Waals surface area contributed by atoms with E-state index in [-0.39, 0.29) is 10.7 Å². The minimum absolute atomic E-state index is 0.176. The number of nitrogens with one attached hydrogen (secondary N) is 1. The summed E-state index contributed by atoms with van der Waals surface area (Å²) in [5.74, 6) is -1.11. The standard InChI is InChI=1S/C16H12ClN3O3S2/c1-9(23-15(22)10-4-5-18-13(17)7-10)14(21)20-16-19-11(8-25-16)12-3-2-6-24-12/h2-9H,1H3,(H,19,20,21). The maximum absolute atomic E-state index is 12.2. The lowest BCUT2D eigenvalue weighted by atomic mass is 10.3. The molecule has 3 rings (SSSR count). The predicted molar refractivity (Wildman–Crippen MR) is 98.2 cm³/mol. The van der Waals surface area contributed by atoms with E-state index in [0.29, 0.717) is 5.13 Å². The van der Waals surface area contributed by atoms with Gasteiger partial charge in [0, 0.05) is 11.6 Å². The number of halogens is 1.